The molecular weight excluding hydrogens is 380 g/mol. The molecule has 7 nitrogen and oxygen atoms in total. The standard InChI is InChI=1S/C23H28N4O3/c1-15-5-6-17(14-20(15)27-13-12-25-23(27)29)22(28)26-18-7-9-19(10-8-18)30-21-4-3-11-24-16(21)2/h3-6,11,14,18-19H,7-10,12-13H2,1-2H3,(H,25,29)(H,26,28). The van der Waals surface area contributed by atoms with Gasteiger partial charge in [-0.3, -0.25) is 14.7 Å². The molecule has 2 heterocycles. The van der Waals surface area contributed by atoms with E-state index in [2.05, 4.69) is 15.6 Å². The minimum Gasteiger partial charge on any atom is -0.489 e. The van der Waals surface area contributed by atoms with E-state index in [4.69, 9.17) is 4.74 Å². The number of nitrogens with zero attached hydrogens (tertiary/aromatic N) is 2. The summed E-state index contributed by atoms with van der Waals surface area (Å²) in [6.07, 6.45) is 5.46. The number of anilines is 1. The van der Waals surface area contributed by atoms with Crippen molar-refractivity contribution in [3.63, 3.8) is 0 Å². The Morgan fingerprint density at radius 1 is 1.20 bits per heavy atom. The van der Waals surface area contributed by atoms with Crippen molar-refractivity contribution >= 4 is 17.6 Å². The van der Waals surface area contributed by atoms with Gasteiger partial charge in [0.25, 0.3) is 5.91 Å². The SMILES string of the molecule is Cc1ccc(C(=O)NC2CCC(Oc3cccnc3C)CC2)cc1N1CCNC1=O. The largest absolute Gasteiger partial charge is 0.489 e. The van der Waals surface area contributed by atoms with Crippen LogP contribution in [0.15, 0.2) is 36.5 Å². The maximum Gasteiger partial charge on any atom is 0.322 e. The third-order valence-electron chi connectivity index (χ3n) is 5.88. The molecular formula is C23H28N4O3. The van der Waals surface area contributed by atoms with Crippen molar-refractivity contribution in [2.75, 3.05) is 18.0 Å². The fourth-order valence-electron chi connectivity index (χ4n) is 4.11. The number of nitrogens with one attached hydrogen (secondary N) is 2. The van der Waals surface area contributed by atoms with Gasteiger partial charge in [0.2, 0.25) is 0 Å². The van der Waals surface area contributed by atoms with Crippen LogP contribution in [0.1, 0.15) is 47.3 Å². The van der Waals surface area contributed by atoms with E-state index in [1.54, 1.807) is 11.1 Å². The van der Waals surface area contributed by atoms with Crippen molar-refractivity contribution in [3.8, 4) is 5.75 Å². The summed E-state index contributed by atoms with van der Waals surface area (Å²) in [5, 5.41) is 5.96. The van der Waals surface area contributed by atoms with Crippen LogP contribution >= 0.6 is 0 Å². The minimum atomic E-state index is -0.113. The van der Waals surface area contributed by atoms with Gasteiger partial charge in [0.1, 0.15) is 5.75 Å². The van der Waals surface area contributed by atoms with Gasteiger partial charge in [-0.15, -0.1) is 0 Å². The lowest BCUT2D eigenvalue weighted by Crippen LogP contribution is -2.39. The molecule has 0 spiro atoms. The van der Waals surface area contributed by atoms with Crippen molar-refractivity contribution in [2.24, 2.45) is 0 Å². The highest BCUT2D eigenvalue weighted by atomic mass is 16.5. The van der Waals surface area contributed by atoms with E-state index < -0.39 is 0 Å². The van der Waals surface area contributed by atoms with Crippen LogP contribution in [0.5, 0.6) is 5.75 Å². The molecule has 1 aromatic heterocycles. The van der Waals surface area contributed by atoms with Gasteiger partial charge in [-0.1, -0.05) is 6.07 Å². The number of benzene rings is 1. The molecule has 0 radical (unpaired) electrons. The van der Waals surface area contributed by atoms with Gasteiger partial charge < -0.3 is 15.4 Å². The second kappa shape index (κ2) is 8.73. The van der Waals surface area contributed by atoms with E-state index in [-0.39, 0.29) is 24.1 Å². The Kier molecular flexibility index (Phi) is 5.88. The van der Waals surface area contributed by atoms with Crippen LogP contribution in [0.2, 0.25) is 0 Å². The molecule has 30 heavy (non-hydrogen) atoms. The normalized spacial score (nSPS) is 21.3. The average Bonchev–Trinajstić information content (AvgIpc) is 3.17. The van der Waals surface area contributed by atoms with Crippen molar-refractivity contribution in [1.29, 1.82) is 0 Å². The Bertz CT molecular complexity index is 938. The summed E-state index contributed by atoms with van der Waals surface area (Å²) in [6, 6.07) is 9.39. The van der Waals surface area contributed by atoms with Gasteiger partial charge in [-0.2, -0.15) is 0 Å². The first-order valence-corrected chi connectivity index (χ1v) is 10.6. The predicted octanol–water partition coefficient (Wildman–Crippen LogP) is 3.35. The molecule has 2 N–H and O–H groups in total. The quantitative estimate of drug-likeness (QED) is 0.795. The Hall–Kier alpha value is -3.09. The molecule has 0 bridgehead atoms. The molecule has 7 heteroatoms. The molecule has 0 unspecified atom stereocenters. The van der Waals surface area contributed by atoms with Crippen LogP contribution in [0.4, 0.5) is 10.5 Å². The summed E-state index contributed by atoms with van der Waals surface area (Å²) in [6.45, 7) is 5.14. The average molecular weight is 409 g/mol. The number of ether oxygens (including phenoxy) is 1. The smallest absolute Gasteiger partial charge is 0.322 e. The monoisotopic (exact) mass is 408 g/mol. The van der Waals surface area contributed by atoms with Crippen molar-refractivity contribution in [2.45, 2.75) is 51.7 Å². The molecule has 158 valence electrons. The topological polar surface area (TPSA) is 83.6 Å². The summed E-state index contributed by atoms with van der Waals surface area (Å²) >= 11 is 0. The molecule has 2 fully saturated rings. The molecule has 4 rings (SSSR count). The number of amides is 3. The highest BCUT2D eigenvalue weighted by Gasteiger charge is 2.26. The van der Waals surface area contributed by atoms with Crippen LogP contribution in [0.25, 0.3) is 0 Å². The van der Waals surface area contributed by atoms with Crippen LogP contribution in [-0.2, 0) is 0 Å². The van der Waals surface area contributed by atoms with Crippen molar-refractivity contribution < 1.29 is 14.3 Å². The number of hydrogen-bond acceptors (Lipinski definition) is 4. The number of aryl methyl sites for hydroxylation is 2. The number of pyridine rings is 1. The van der Waals surface area contributed by atoms with Gasteiger partial charge in [0, 0.05) is 36.6 Å². The molecule has 1 saturated carbocycles. The zero-order valence-corrected chi connectivity index (χ0v) is 17.5. The lowest BCUT2D eigenvalue weighted by molar-refractivity contribution is 0.0893. The molecule has 1 aliphatic heterocycles. The van der Waals surface area contributed by atoms with Gasteiger partial charge in [-0.25, -0.2) is 4.79 Å². The van der Waals surface area contributed by atoms with E-state index in [1.165, 1.54) is 0 Å². The first-order chi connectivity index (χ1) is 14.5. The Labute approximate surface area is 176 Å². The van der Waals surface area contributed by atoms with Crippen LogP contribution in [0, 0.1) is 13.8 Å². The molecule has 3 amide bonds. The summed E-state index contributed by atoms with van der Waals surface area (Å²) < 4.78 is 6.10. The maximum atomic E-state index is 12.8. The van der Waals surface area contributed by atoms with Crippen LogP contribution < -0.4 is 20.3 Å². The third kappa shape index (κ3) is 4.40. The fourth-order valence-corrected chi connectivity index (χ4v) is 4.11. The van der Waals surface area contributed by atoms with E-state index >= 15 is 0 Å². The highest BCUT2D eigenvalue weighted by molar-refractivity contribution is 5.99. The number of carbonyl (C=O) groups is 2. The van der Waals surface area contributed by atoms with Gasteiger partial charge >= 0.3 is 6.03 Å². The lowest BCUT2D eigenvalue weighted by atomic mass is 9.92. The number of hydrogen-bond donors (Lipinski definition) is 2. The number of rotatable bonds is 5. The van der Waals surface area contributed by atoms with E-state index in [0.717, 1.165) is 48.4 Å². The molecule has 0 atom stereocenters. The van der Waals surface area contributed by atoms with E-state index in [1.807, 2.05) is 44.2 Å². The molecule has 2 aromatic rings. The van der Waals surface area contributed by atoms with Crippen LogP contribution in [0.3, 0.4) is 0 Å². The highest BCUT2D eigenvalue weighted by Crippen LogP contribution is 2.26. The maximum absolute atomic E-state index is 12.8. The second-order valence-corrected chi connectivity index (χ2v) is 8.04. The molecule has 1 saturated heterocycles. The lowest BCUT2D eigenvalue weighted by Gasteiger charge is -2.30. The molecule has 1 aliphatic carbocycles. The van der Waals surface area contributed by atoms with Crippen LogP contribution in [-0.4, -0.2) is 42.2 Å². The van der Waals surface area contributed by atoms with Gasteiger partial charge in [0.15, 0.2) is 0 Å². The van der Waals surface area contributed by atoms with Gasteiger partial charge in [-0.05, 0) is 69.4 Å². The van der Waals surface area contributed by atoms with E-state index in [0.29, 0.717) is 18.7 Å². The first kappa shape index (κ1) is 20.2. The number of carbonyl (C=O) groups excluding carboxylic acids is 2. The van der Waals surface area contributed by atoms with Gasteiger partial charge in [0.05, 0.1) is 11.8 Å². The van der Waals surface area contributed by atoms with Crippen molar-refractivity contribution in [3.05, 3.63) is 53.3 Å². The predicted molar refractivity (Wildman–Crippen MR) is 115 cm³/mol. The summed E-state index contributed by atoms with van der Waals surface area (Å²) in [5.74, 6) is 0.742. The summed E-state index contributed by atoms with van der Waals surface area (Å²) in [7, 11) is 0. The summed E-state index contributed by atoms with van der Waals surface area (Å²) in [5.41, 5.74) is 3.25. The second-order valence-electron chi connectivity index (χ2n) is 8.04. The summed E-state index contributed by atoms with van der Waals surface area (Å²) in [4.78, 5) is 30.8. The minimum absolute atomic E-state index is 0.0941. The number of aromatic nitrogens is 1. The first-order valence-electron chi connectivity index (χ1n) is 10.6. The third-order valence-corrected chi connectivity index (χ3v) is 5.88. The Balaban J connectivity index is 1.34. The van der Waals surface area contributed by atoms with E-state index in [9.17, 15) is 9.59 Å². The molecule has 2 aliphatic rings. The molecule has 1 aromatic carbocycles. The Morgan fingerprint density at radius 3 is 2.70 bits per heavy atom. The van der Waals surface area contributed by atoms with Crippen molar-refractivity contribution in [1.82, 2.24) is 15.6 Å². The Morgan fingerprint density at radius 2 is 2.00 bits per heavy atom. The fraction of sp³-hybridized carbons (Fsp3) is 0.435. The zero-order valence-electron chi connectivity index (χ0n) is 17.5. The zero-order chi connectivity index (χ0) is 21.1. The number of urea groups is 1.